The Morgan fingerprint density at radius 1 is 0.775 bits per heavy atom. The second kappa shape index (κ2) is 14.5. The van der Waals surface area contributed by atoms with Crippen molar-refractivity contribution in [3.8, 4) is 0 Å². The van der Waals surface area contributed by atoms with Crippen LogP contribution in [0.5, 0.6) is 0 Å². The summed E-state index contributed by atoms with van der Waals surface area (Å²) in [6.07, 6.45) is 0.781. The van der Waals surface area contributed by atoms with Crippen LogP contribution < -0.4 is 21.9 Å². The zero-order valence-corrected chi connectivity index (χ0v) is 24.2. The number of methoxy groups -OCH3 is 2. The first-order valence-corrected chi connectivity index (χ1v) is 14.0. The van der Waals surface area contributed by atoms with E-state index in [2.05, 4.69) is 14.2 Å². The fraction of sp³-hybridized carbons (Fsp3) is 0.310. The van der Waals surface area contributed by atoms with Gasteiger partial charge in [0.05, 0.1) is 19.1 Å². The lowest BCUT2D eigenvalue weighted by atomic mass is 10.1. The van der Waals surface area contributed by atoms with E-state index in [0.717, 1.165) is 16.7 Å². The zero-order chi connectivity index (χ0) is 30.0. The third-order valence-electron chi connectivity index (χ3n) is 5.98. The van der Waals surface area contributed by atoms with Crippen LogP contribution in [0.4, 0.5) is 11.4 Å². The summed E-state index contributed by atoms with van der Waals surface area (Å²) < 4.78 is 37.2. The summed E-state index contributed by atoms with van der Waals surface area (Å²) in [7, 11) is -1.08. The van der Waals surface area contributed by atoms with E-state index in [4.69, 9.17) is 17.2 Å². The summed E-state index contributed by atoms with van der Waals surface area (Å²) in [4.78, 5) is 22.7. The van der Waals surface area contributed by atoms with Crippen molar-refractivity contribution >= 4 is 33.3 Å². The van der Waals surface area contributed by atoms with Crippen LogP contribution in [-0.4, -0.2) is 46.7 Å². The Balaban J connectivity index is 0.000000337. The van der Waals surface area contributed by atoms with E-state index in [1.165, 1.54) is 14.2 Å². The predicted molar refractivity (Wildman–Crippen MR) is 156 cm³/mol. The largest absolute Gasteiger partial charge is 0.468 e. The molecule has 40 heavy (non-hydrogen) atoms. The Hall–Kier alpha value is -3.93. The van der Waals surface area contributed by atoms with Crippen LogP contribution >= 0.6 is 0 Å². The molecule has 0 radical (unpaired) electrons. The second-order valence-corrected chi connectivity index (χ2v) is 11.1. The monoisotopic (exact) mass is 570 g/mol. The normalized spacial score (nSPS) is 12.4. The van der Waals surface area contributed by atoms with Crippen molar-refractivity contribution in [2.75, 3.05) is 24.7 Å². The van der Waals surface area contributed by atoms with Crippen molar-refractivity contribution in [3.05, 3.63) is 88.5 Å². The van der Waals surface area contributed by atoms with E-state index in [1.807, 2.05) is 31.2 Å². The number of hydrogen-bond acceptors (Lipinski definition) is 9. The van der Waals surface area contributed by atoms with Crippen LogP contribution in [0.2, 0.25) is 0 Å². The van der Waals surface area contributed by atoms with Gasteiger partial charge < -0.3 is 26.7 Å². The van der Waals surface area contributed by atoms with Gasteiger partial charge in [-0.05, 0) is 80.1 Å². The Kier molecular flexibility index (Phi) is 11.7. The molecule has 0 aliphatic carbocycles. The maximum Gasteiger partial charge on any atom is 0.322 e. The molecule has 0 bridgehead atoms. The summed E-state index contributed by atoms with van der Waals surface area (Å²) >= 11 is 0. The zero-order valence-electron chi connectivity index (χ0n) is 23.4. The summed E-state index contributed by atoms with van der Waals surface area (Å²) in [5, 5.41) is 0. The van der Waals surface area contributed by atoms with Gasteiger partial charge in [0, 0.05) is 11.4 Å². The van der Waals surface area contributed by atoms with Gasteiger partial charge in [0.1, 0.15) is 12.1 Å². The number of ether oxygens (including phenoxy) is 2. The third kappa shape index (κ3) is 9.37. The van der Waals surface area contributed by atoms with Gasteiger partial charge in [-0.2, -0.15) is 0 Å². The molecule has 0 saturated heterocycles. The Bertz CT molecular complexity index is 1380. The molecular weight excluding hydrogens is 532 g/mol. The van der Waals surface area contributed by atoms with Gasteiger partial charge in [-0.15, -0.1) is 0 Å². The fourth-order valence-corrected chi connectivity index (χ4v) is 5.65. The Morgan fingerprint density at radius 2 is 1.18 bits per heavy atom. The standard InChI is InChI=1S/C19H24N2O4S.C10H14N2O2/c1-12-9-13(2)18(14(3)10-12)26(23,24)21-16-7-5-15(6-8-16)11-17(20)19(22)25-4;1-14-10(13)9(12)6-7-2-4-8(11)5-3-7/h5-10,17,21H,11,20H2,1-4H3;2-5,9H,6,11-12H2,1H3. The highest BCUT2D eigenvalue weighted by Gasteiger charge is 2.20. The van der Waals surface area contributed by atoms with Crippen molar-refractivity contribution in [2.45, 2.75) is 50.6 Å². The molecule has 3 rings (SSSR count). The van der Waals surface area contributed by atoms with Gasteiger partial charge in [0.25, 0.3) is 10.0 Å². The lowest BCUT2D eigenvalue weighted by Crippen LogP contribution is -2.33. The SMILES string of the molecule is COC(=O)C(N)Cc1ccc(N)cc1.COC(=O)C(N)Cc1ccc(NS(=O)(=O)c2c(C)cc(C)cc2C)cc1. The first-order valence-electron chi connectivity index (χ1n) is 12.5. The minimum atomic E-state index is -3.69. The first kappa shape index (κ1) is 32.3. The first-order chi connectivity index (χ1) is 18.8. The molecule has 11 heteroatoms. The van der Waals surface area contributed by atoms with Crippen LogP contribution in [0.25, 0.3) is 0 Å². The lowest BCUT2D eigenvalue weighted by Gasteiger charge is -2.14. The molecule has 3 aromatic rings. The molecule has 0 heterocycles. The highest BCUT2D eigenvalue weighted by molar-refractivity contribution is 7.92. The van der Waals surface area contributed by atoms with E-state index >= 15 is 0 Å². The van der Waals surface area contributed by atoms with Crippen molar-refractivity contribution in [3.63, 3.8) is 0 Å². The molecule has 3 aromatic carbocycles. The summed E-state index contributed by atoms with van der Waals surface area (Å²) in [6, 6.07) is 16.3. The number of rotatable bonds is 9. The molecule has 0 aliphatic rings. The van der Waals surface area contributed by atoms with Crippen molar-refractivity contribution in [1.29, 1.82) is 0 Å². The number of hydrogen-bond donors (Lipinski definition) is 4. The number of nitrogens with one attached hydrogen (secondary N) is 1. The van der Waals surface area contributed by atoms with E-state index in [-0.39, 0.29) is 0 Å². The second-order valence-electron chi connectivity index (χ2n) is 9.44. The minimum Gasteiger partial charge on any atom is -0.468 e. The molecule has 0 aromatic heterocycles. The average molecular weight is 571 g/mol. The molecule has 0 spiro atoms. The number of anilines is 2. The Morgan fingerprint density at radius 3 is 1.57 bits per heavy atom. The lowest BCUT2D eigenvalue weighted by molar-refractivity contribution is -0.142. The van der Waals surface area contributed by atoms with Crippen molar-refractivity contribution in [1.82, 2.24) is 0 Å². The van der Waals surface area contributed by atoms with E-state index in [0.29, 0.717) is 40.2 Å². The number of esters is 2. The fourth-order valence-electron chi connectivity index (χ4n) is 4.14. The molecule has 0 saturated carbocycles. The smallest absolute Gasteiger partial charge is 0.322 e. The number of carbonyl (C=O) groups excluding carboxylic acids is 2. The number of aryl methyl sites for hydroxylation is 3. The van der Waals surface area contributed by atoms with Gasteiger partial charge in [0.2, 0.25) is 0 Å². The molecule has 7 N–H and O–H groups in total. The van der Waals surface area contributed by atoms with Gasteiger partial charge in [0.15, 0.2) is 0 Å². The van der Waals surface area contributed by atoms with Crippen molar-refractivity contribution in [2.24, 2.45) is 11.5 Å². The van der Waals surface area contributed by atoms with Gasteiger partial charge in [-0.25, -0.2) is 8.42 Å². The highest BCUT2D eigenvalue weighted by atomic mass is 32.2. The topological polar surface area (TPSA) is 177 Å². The molecule has 216 valence electrons. The van der Waals surface area contributed by atoms with E-state index in [9.17, 15) is 18.0 Å². The number of sulfonamides is 1. The van der Waals surface area contributed by atoms with E-state index < -0.39 is 34.0 Å². The summed E-state index contributed by atoms with van der Waals surface area (Å²) in [5.41, 5.74) is 22.2. The molecule has 2 atom stereocenters. The number of carbonyl (C=O) groups is 2. The van der Waals surface area contributed by atoms with Crippen LogP contribution in [-0.2, 0) is 41.9 Å². The quantitative estimate of drug-likeness (QED) is 0.222. The molecular formula is C29H38N4O6S. The maximum absolute atomic E-state index is 12.8. The maximum atomic E-state index is 12.8. The summed E-state index contributed by atoms with van der Waals surface area (Å²) in [5.74, 6) is -0.887. The van der Waals surface area contributed by atoms with Gasteiger partial charge in [-0.1, -0.05) is 42.0 Å². The number of nitrogens with two attached hydrogens (primary N) is 3. The number of benzene rings is 3. The van der Waals surface area contributed by atoms with Crippen molar-refractivity contribution < 1.29 is 27.5 Å². The Labute approximate surface area is 235 Å². The third-order valence-corrected chi connectivity index (χ3v) is 7.66. The minimum absolute atomic E-state index is 0.292. The average Bonchev–Trinajstić information content (AvgIpc) is 2.89. The van der Waals surface area contributed by atoms with Crippen LogP contribution in [0, 0.1) is 20.8 Å². The van der Waals surface area contributed by atoms with Gasteiger partial charge >= 0.3 is 11.9 Å². The van der Waals surface area contributed by atoms with E-state index in [1.54, 1.807) is 50.2 Å². The highest BCUT2D eigenvalue weighted by Crippen LogP contribution is 2.24. The van der Waals surface area contributed by atoms with Crippen LogP contribution in [0.3, 0.4) is 0 Å². The number of nitrogen functional groups attached to an aromatic ring is 1. The summed E-state index contributed by atoms with van der Waals surface area (Å²) in [6.45, 7) is 5.50. The molecule has 0 amide bonds. The molecule has 2 unspecified atom stereocenters. The van der Waals surface area contributed by atoms with Crippen LogP contribution in [0.15, 0.2) is 65.6 Å². The molecule has 0 fully saturated rings. The van der Waals surface area contributed by atoms with Gasteiger partial charge in [-0.3, -0.25) is 14.3 Å². The molecule has 0 aliphatic heterocycles. The van der Waals surface area contributed by atoms with Crippen LogP contribution in [0.1, 0.15) is 27.8 Å². The predicted octanol–water partition coefficient (Wildman–Crippen LogP) is 2.77. The molecule has 10 nitrogen and oxygen atoms in total.